The van der Waals surface area contributed by atoms with Gasteiger partial charge in [-0.05, 0) is 51.7 Å². The highest BCUT2D eigenvalue weighted by atomic mass is 16.5. The van der Waals surface area contributed by atoms with Gasteiger partial charge in [-0.25, -0.2) is 0 Å². The zero-order valence-electron chi connectivity index (χ0n) is 13.6. The number of carbonyl (C=O) groups excluding carboxylic acids is 1. The summed E-state index contributed by atoms with van der Waals surface area (Å²) in [6, 6.07) is 7.99. The van der Waals surface area contributed by atoms with Gasteiger partial charge in [-0.15, -0.1) is 0 Å². The van der Waals surface area contributed by atoms with E-state index in [1.54, 1.807) is 0 Å². The molecule has 0 radical (unpaired) electrons. The van der Waals surface area contributed by atoms with Gasteiger partial charge in [-0.3, -0.25) is 9.69 Å². The maximum absolute atomic E-state index is 12.8. The lowest BCUT2D eigenvalue weighted by Crippen LogP contribution is -2.48. The maximum Gasteiger partial charge on any atom is 0.182 e. The third kappa shape index (κ3) is 3.27. The second-order valence-corrected chi connectivity index (χ2v) is 6.00. The smallest absolute Gasteiger partial charge is 0.182 e. The number of nitrogens with zero attached hydrogens (tertiary/aromatic N) is 2. The molecular weight excluding hydrogens is 264 g/mol. The van der Waals surface area contributed by atoms with Crippen molar-refractivity contribution in [1.82, 2.24) is 4.90 Å². The Morgan fingerprint density at radius 1 is 1.24 bits per heavy atom. The summed E-state index contributed by atoms with van der Waals surface area (Å²) < 4.78 is 5.37. The SMILES string of the molecule is CCC(C)(C(=O)c1ccc(N2CCOCC2)cc1)N(C)C. The first-order valence-corrected chi connectivity index (χ1v) is 7.64. The van der Waals surface area contributed by atoms with E-state index in [4.69, 9.17) is 4.74 Å². The monoisotopic (exact) mass is 290 g/mol. The van der Waals surface area contributed by atoms with Gasteiger partial charge in [0.2, 0.25) is 0 Å². The number of rotatable bonds is 5. The normalized spacial score (nSPS) is 18.6. The van der Waals surface area contributed by atoms with Crippen LogP contribution in [0.3, 0.4) is 0 Å². The zero-order valence-corrected chi connectivity index (χ0v) is 13.6. The fourth-order valence-corrected chi connectivity index (χ4v) is 2.64. The third-order valence-electron chi connectivity index (χ3n) is 4.67. The van der Waals surface area contributed by atoms with Crippen LogP contribution in [0.2, 0.25) is 0 Å². The van der Waals surface area contributed by atoms with Crippen LogP contribution in [0.25, 0.3) is 0 Å². The first-order valence-electron chi connectivity index (χ1n) is 7.64. The predicted molar refractivity (Wildman–Crippen MR) is 86.2 cm³/mol. The molecule has 1 aromatic carbocycles. The predicted octanol–water partition coefficient (Wildman–Crippen LogP) is 2.44. The maximum atomic E-state index is 12.8. The van der Waals surface area contributed by atoms with Crippen LogP contribution < -0.4 is 4.90 Å². The number of ether oxygens (including phenoxy) is 1. The van der Waals surface area contributed by atoms with Gasteiger partial charge in [0.25, 0.3) is 0 Å². The van der Waals surface area contributed by atoms with Crippen molar-refractivity contribution in [3.8, 4) is 0 Å². The van der Waals surface area contributed by atoms with Crippen molar-refractivity contribution in [3.63, 3.8) is 0 Å². The number of Topliss-reactive ketones (excluding diaryl/α,β-unsaturated/α-hetero) is 1. The van der Waals surface area contributed by atoms with E-state index < -0.39 is 5.54 Å². The zero-order chi connectivity index (χ0) is 15.5. The topological polar surface area (TPSA) is 32.8 Å². The molecule has 1 saturated heterocycles. The standard InChI is InChI=1S/C17H26N2O2/c1-5-17(2,18(3)4)16(20)14-6-8-15(9-7-14)19-10-12-21-13-11-19/h6-9H,5,10-13H2,1-4H3. The summed E-state index contributed by atoms with van der Waals surface area (Å²) in [5.74, 6) is 0.184. The Balaban J connectivity index is 2.16. The van der Waals surface area contributed by atoms with Gasteiger partial charge >= 0.3 is 0 Å². The molecule has 0 bridgehead atoms. The number of ketones is 1. The van der Waals surface area contributed by atoms with E-state index in [1.165, 1.54) is 0 Å². The molecule has 1 aliphatic heterocycles. The van der Waals surface area contributed by atoms with Gasteiger partial charge in [0, 0.05) is 24.3 Å². The summed E-state index contributed by atoms with van der Waals surface area (Å²) in [6.07, 6.45) is 0.796. The first kappa shape index (κ1) is 16.0. The van der Waals surface area contributed by atoms with Crippen molar-refractivity contribution in [2.45, 2.75) is 25.8 Å². The molecule has 1 aromatic rings. The molecule has 1 aliphatic rings. The minimum atomic E-state index is -0.444. The number of hydrogen-bond donors (Lipinski definition) is 0. The van der Waals surface area contributed by atoms with Crippen molar-refractivity contribution >= 4 is 11.5 Å². The van der Waals surface area contributed by atoms with Crippen molar-refractivity contribution in [2.24, 2.45) is 0 Å². The van der Waals surface area contributed by atoms with Crippen LogP contribution in [-0.2, 0) is 4.74 Å². The van der Waals surface area contributed by atoms with Gasteiger partial charge in [0.05, 0.1) is 18.8 Å². The Kier molecular flexibility index (Phi) is 5.01. The second-order valence-electron chi connectivity index (χ2n) is 6.00. The number of carbonyl (C=O) groups is 1. The van der Waals surface area contributed by atoms with Gasteiger partial charge in [0.1, 0.15) is 0 Å². The van der Waals surface area contributed by atoms with E-state index in [9.17, 15) is 4.79 Å². The van der Waals surface area contributed by atoms with Crippen LogP contribution in [0.1, 0.15) is 30.6 Å². The lowest BCUT2D eigenvalue weighted by Gasteiger charge is -2.34. The van der Waals surface area contributed by atoms with Crippen LogP contribution in [0.4, 0.5) is 5.69 Å². The van der Waals surface area contributed by atoms with Crippen LogP contribution in [0.5, 0.6) is 0 Å². The molecule has 1 fully saturated rings. The number of anilines is 1. The van der Waals surface area contributed by atoms with Crippen molar-refractivity contribution in [2.75, 3.05) is 45.3 Å². The average Bonchev–Trinajstić information content (AvgIpc) is 2.54. The summed E-state index contributed by atoms with van der Waals surface area (Å²) in [6.45, 7) is 7.44. The molecule has 2 rings (SSSR count). The Morgan fingerprint density at radius 2 is 1.81 bits per heavy atom. The lowest BCUT2D eigenvalue weighted by atomic mass is 9.87. The Bertz CT molecular complexity index is 478. The van der Waals surface area contributed by atoms with Crippen LogP contribution in [-0.4, -0.2) is 56.6 Å². The highest BCUT2D eigenvalue weighted by Crippen LogP contribution is 2.24. The third-order valence-corrected chi connectivity index (χ3v) is 4.67. The van der Waals surface area contributed by atoms with Gasteiger partial charge in [-0.1, -0.05) is 6.92 Å². The molecule has 0 spiro atoms. The Labute approximate surface area is 127 Å². The largest absolute Gasteiger partial charge is 0.378 e. The quantitative estimate of drug-likeness (QED) is 0.780. The van der Waals surface area contributed by atoms with E-state index >= 15 is 0 Å². The summed E-state index contributed by atoms with van der Waals surface area (Å²) in [5, 5.41) is 0. The molecule has 0 N–H and O–H groups in total. The van der Waals surface area contributed by atoms with Gasteiger partial charge < -0.3 is 9.64 Å². The second kappa shape index (κ2) is 6.58. The number of likely N-dealkylation sites (N-methyl/N-ethyl adjacent to an activating group) is 1. The van der Waals surface area contributed by atoms with E-state index in [0.29, 0.717) is 0 Å². The Hall–Kier alpha value is -1.39. The molecule has 4 nitrogen and oxygen atoms in total. The average molecular weight is 290 g/mol. The van der Waals surface area contributed by atoms with E-state index in [2.05, 4.69) is 11.8 Å². The molecule has 0 saturated carbocycles. The first-order chi connectivity index (χ1) is 9.99. The van der Waals surface area contributed by atoms with Crippen LogP contribution >= 0.6 is 0 Å². The molecule has 1 heterocycles. The molecule has 4 heteroatoms. The van der Waals surface area contributed by atoms with Gasteiger partial charge in [0.15, 0.2) is 5.78 Å². The summed E-state index contributed by atoms with van der Waals surface area (Å²) in [7, 11) is 3.92. The minimum Gasteiger partial charge on any atom is -0.378 e. The highest BCUT2D eigenvalue weighted by Gasteiger charge is 2.34. The Morgan fingerprint density at radius 3 is 2.29 bits per heavy atom. The molecule has 0 amide bonds. The van der Waals surface area contributed by atoms with Crippen LogP contribution in [0, 0.1) is 0 Å². The molecular formula is C17H26N2O2. The number of morpholine rings is 1. The molecule has 116 valence electrons. The highest BCUT2D eigenvalue weighted by molar-refractivity contribution is 6.03. The van der Waals surface area contributed by atoms with E-state index in [-0.39, 0.29) is 5.78 Å². The van der Waals surface area contributed by atoms with Gasteiger partial charge in [-0.2, -0.15) is 0 Å². The van der Waals surface area contributed by atoms with Crippen molar-refractivity contribution < 1.29 is 9.53 Å². The fourth-order valence-electron chi connectivity index (χ4n) is 2.64. The van der Waals surface area contributed by atoms with Crippen molar-refractivity contribution in [3.05, 3.63) is 29.8 Å². The van der Waals surface area contributed by atoms with Crippen LogP contribution in [0.15, 0.2) is 24.3 Å². The lowest BCUT2D eigenvalue weighted by molar-refractivity contribution is 0.0710. The summed E-state index contributed by atoms with van der Waals surface area (Å²) in [4.78, 5) is 17.1. The van der Waals surface area contributed by atoms with E-state index in [1.807, 2.05) is 50.2 Å². The number of benzene rings is 1. The summed E-state index contributed by atoms with van der Waals surface area (Å²) >= 11 is 0. The molecule has 21 heavy (non-hydrogen) atoms. The van der Waals surface area contributed by atoms with E-state index in [0.717, 1.165) is 44.0 Å². The van der Waals surface area contributed by atoms with Crippen molar-refractivity contribution in [1.29, 1.82) is 0 Å². The number of hydrogen-bond acceptors (Lipinski definition) is 4. The molecule has 0 aliphatic carbocycles. The molecule has 0 aromatic heterocycles. The fraction of sp³-hybridized carbons (Fsp3) is 0.588. The minimum absolute atomic E-state index is 0.184. The molecule has 1 unspecified atom stereocenters. The molecule has 1 atom stereocenters. The summed E-state index contributed by atoms with van der Waals surface area (Å²) in [5.41, 5.74) is 1.50.